The van der Waals surface area contributed by atoms with E-state index >= 15 is 0 Å². The fraction of sp³-hybridized carbons (Fsp3) is 0. The molecule has 639 valence electrons. The molecule has 0 atom stereocenters. The summed E-state index contributed by atoms with van der Waals surface area (Å²) in [5.41, 5.74) is 0. The summed E-state index contributed by atoms with van der Waals surface area (Å²) in [5, 5.41) is 0. The minimum absolute atomic E-state index is 0. The summed E-state index contributed by atoms with van der Waals surface area (Å²) in [6.07, 6.45) is 0. The Morgan fingerprint density at radius 1 is 0.0141 bits per heavy atom. The zero-order valence-electron chi connectivity index (χ0n) is 23.7. The maximum absolute atomic E-state index is 0. The van der Waals surface area contributed by atoms with Crippen LogP contribution in [0.5, 0.6) is 0 Å². The predicted molar refractivity (Wildman–Crippen MR) is 0 cm³/mol. The molecule has 0 aliphatic heterocycles. The van der Waals surface area contributed by atoms with Gasteiger partial charge in [0.2, 0.25) is 0 Å². The Morgan fingerprint density at radius 3 is 0.0141 bits per heavy atom. The second-order valence-electron chi connectivity index (χ2n) is 0. The first-order valence-electron chi connectivity index (χ1n) is 0. The summed E-state index contributed by atoms with van der Waals surface area (Å²) >= 11 is 0. The normalized spacial score (nSPS) is 0. The van der Waals surface area contributed by atoms with Crippen LogP contribution in [-0.2, 0) is 0 Å². The molecular formula is Tb71. The maximum Gasteiger partial charge on any atom is 0 e. The first-order valence-corrected chi connectivity index (χ1v) is 0. The zero-order chi connectivity index (χ0) is 0. The van der Waals surface area contributed by atoms with E-state index in [9.17, 15) is 0 Å². The Bertz CT molecular complexity index is 0. The van der Waals surface area contributed by atoms with Crippen molar-refractivity contribution in [2.45, 2.75) is 0 Å². The zero-order valence-corrected chi connectivity index (χ0v) is 176. The second kappa shape index (κ2) is 497. The van der Waals surface area contributed by atoms with Crippen molar-refractivity contribution in [2.24, 2.45) is 0 Å². The van der Waals surface area contributed by atoms with E-state index in [2.05, 4.69) is 0 Å². The van der Waals surface area contributed by atoms with Gasteiger partial charge >= 0.3 is 0 Å². The Labute approximate surface area is 2620 Å². The van der Waals surface area contributed by atoms with Crippen LogP contribution in [0, 0.1) is 2740 Å². The van der Waals surface area contributed by atoms with Crippen LogP contribution in [0.2, 0.25) is 0 Å². The fourth-order valence-corrected chi connectivity index (χ4v) is 0. The molecule has 0 rings (SSSR count). The predicted octanol–water partition coefficient (Wildman–Crippen LogP) is 0. The van der Waals surface area contributed by atoms with Crippen LogP contribution in [0.4, 0.5) is 0 Å². The molecule has 0 aromatic heterocycles. The molecule has 0 saturated carbocycles. The van der Waals surface area contributed by atoms with Crippen LogP contribution in [0.25, 0.3) is 0 Å². The molecular weight excluding hydrogens is 11300 g/mol. The molecule has 0 aliphatic rings. The topological polar surface area (TPSA) is 0 Å². The van der Waals surface area contributed by atoms with E-state index in [1.807, 2.05) is 0 Å². The minimum atomic E-state index is 0. The summed E-state index contributed by atoms with van der Waals surface area (Å²) in [7, 11) is 0. The van der Waals surface area contributed by atoms with Crippen LogP contribution in [0.1, 0.15) is 0 Å². The molecule has 71 radical (unpaired) electrons. The largest absolute Gasteiger partial charge is 0 e. The van der Waals surface area contributed by atoms with Crippen molar-refractivity contribution in [1.82, 2.24) is 0 Å². The third-order valence-electron chi connectivity index (χ3n) is 0. The number of hydrogen-bond donors (Lipinski definition) is 0. The molecule has 0 unspecified atom stereocenters. The van der Waals surface area contributed by atoms with Gasteiger partial charge in [0, 0.05) is 2740 Å². The van der Waals surface area contributed by atoms with Gasteiger partial charge in [0.1, 0.15) is 0 Å². The van der Waals surface area contributed by atoms with Gasteiger partial charge in [-0.25, -0.2) is 0 Å². The first kappa shape index (κ1) is 507. The van der Waals surface area contributed by atoms with E-state index in [0.29, 0.717) is 0 Å². The van der Waals surface area contributed by atoms with Crippen molar-refractivity contribution in [3.63, 3.8) is 0 Å². The van der Waals surface area contributed by atoms with Crippen LogP contribution in [0.15, 0.2) is 0 Å². The molecule has 0 heterocycles. The van der Waals surface area contributed by atoms with Gasteiger partial charge in [0.15, 0.2) is 0 Å². The van der Waals surface area contributed by atoms with Gasteiger partial charge in [-0.3, -0.25) is 0 Å². The molecule has 0 nitrogen and oxygen atoms in total. The van der Waals surface area contributed by atoms with Gasteiger partial charge in [0.05, 0.1) is 0 Å². The van der Waals surface area contributed by atoms with Crippen molar-refractivity contribution in [2.75, 3.05) is 0 Å². The van der Waals surface area contributed by atoms with Crippen molar-refractivity contribution < 1.29 is 2740 Å². The summed E-state index contributed by atoms with van der Waals surface area (Å²) in [5.74, 6) is 0. The molecule has 0 aromatic carbocycles. The van der Waals surface area contributed by atoms with Crippen LogP contribution < -0.4 is 0 Å². The molecule has 0 amide bonds. The van der Waals surface area contributed by atoms with Crippen LogP contribution in [0.3, 0.4) is 0 Å². The molecule has 0 bridgehead atoms. The third kappa shape index (κ3) is 491. The Hall–Kier alpha value is 91.3. The quantitative estimate of drug-likeness (QED) is 0.321. The molecule has 0 saturated heterocycles. The SMILES string of the molecule is [Tb].[Tb].[Tb].[Tb].[Tb].[Tb].[Tb].[Tb].[Tb].[Tb].[Tb].[Tb].[Tb].[Tb].[Tb].[Tb].[Tb].[Tb].[Tb].[Tb].[Tb].[Tb].[Tb].[Tb].[Tb].[Tb].[Tb].[Tb].[Tb].[Tb].[Tb].[Tb].[Tb].[Tb].[Tb].[Tb].[Tb].[Tb].[Tb].[Tb].[Tb].[Tb].[Tb].[Tb].[Tb].[Tb].[Tb].[Tb].[Tb].[Tb].[Tb].[Tb].[Tb].[Tb].[Tb].[Tb].[Tb].[Tb].[Tb].[Tb].[Tb].[Tb].[Tb].[Tb].[Tb].[Tb].[Tb].[Tb].[Tb].[Tb].[Tb]. The van der Waals surface area contributed by atoms with Gasteiger partial charge in [-0.05, 0) is 0 Å². The third-order valence-corrected chi connectivity index (χ3v) is 0. The number of rotatable bonds is 0. The summed E-state index contributed by atoms with van der Waals surface area (Å²) in [4.78, 5) is 0. The van der Waals surface area contributed by atoms with Gasteiger partial charge in [0.25, 0.3) is 0 Å². The number of hydrogen-bond acceptors (Lipinski definition) is 0. The van der Waals surface area contributed by atoms with Crippen molar-refractivity contribution >= 4 is 0 Å². The molecule has 0 aromatic rings. The van der Waals surface area contributed by atoms with E-state index in [1.165, 1.54) is 0 Å². The Kier molecular flexibility index (Phi) is 3550. The minimum Gasteiger partial charge on any atom is 0 e. The first-order chi connectivity index (χ1) is 0. The fourth-order valence-electron chi connectivity index (χ4n) is 0. The van der Waals surface area contributed by atoms with Gasteiger partial charge in [-0.2, -0.15) is 0 Å². The molecule has 71 heteroatoms. The van der Waals surface area contributed by atoms with Crippen molar-refractivity contribution in [1.29, 1.82) is 0 Å². The van der Waals surface area contributed by atoms with Gasteiger partial charge < -0.3 is 0 Å². The standard InChI is InChI=1S/71Tb. The molecule has 0 N–H and O–H groups in total. The van der Waals surface area contributed by atoms with Crippen molar-refractivity contribution in [3.05, 3.63) is 0 Å². The second-order valence-corrected chi connectivity index (χ2v) is 0. The van der Waals surface area contributed by atoms with Gasteiger partial charge in [-0.15, -0.1) is 0 Å². The smallest absolute Gasteiger partial charge is 0 e. The van der Waals surface area contributed by atoms with E-state index in [1.54, 1.807) is 0 Å². The monoisotopic (exact) mass is 11300 g/mol. The molecule has 0 fully saturated rings. The van der Waals surface area contributed by atoms with E-state index < -0.39 is 0 Å². The van der Waals surface area contributed by atoms with E-state index in [4.69, 9.17) is 0 Å². The Morgan fingerprint density at radius 2 is 0.0141 bits per heavy atom. The Balaban J connectivity index is 0. The van der Waals surface area contributed by atoms with Crippen molar-refractivity contribution in [3.8, 4) is 0 Å². The molecule has 71 heavy (non-hydrogen) atoms. The average Bonchev–Trinajstić information content (AvgIpc) is 0. The molecule has 0 spiro atoms. The van der Waals surface area contributed by atoms with E-state index in [-0.39, 0.29) is 2740 Å². The summed E-state index contributed by atoms with van der Waals surface area (Å²) < 4.78 is 0. The summed E-state index contributed by atoms with van der Waals surface area (Å²) in [6.45, 7) is 0. The summed E-state index contributed by atoms with van der Waals surface area (Å²) in [6, 6.07) is 0. The van der Waals surface area contributed by atoms with Crippen LogP contribution in [-0.4, -0.2) is 0 Å². The van der Waals surface area contributed by atoms with E-state index in [0.717, 1.165) is 0 Å². The maximum atomic E-state index is 0. The average molecular weight is 11300 g/mol. The van der Waals surface area contributed by atoms with Gasteiger partial charge in [-0.1, -0.05) is 0 Å². The molecule has 0 aliphatic carbocycles. The van der Waals surface area contributed by atoms with Crippen LogP contribution >= 0.6 is 0 Å².